The van der Waals surface area contributed by atoms with Crippen LogP contribution in [0, 0.1) is 0 Å². The first-order valence-electron chi connectivity index (χ1n) is 5.20. The van der Waals surface area contributed by atoms with Crippen molar-refractivity contribution in [2.45, 2.75) is 20.8 Å². The van der Waals surface area contributed by atoms with Crippen molar-refractivity contribution in [3.05, 3.63) is 12.3 Å². The van der Waals surface area contributed by atoms with E-state index in [1.165, 1.54) is 0 Å². The maximum atomic E-state index is 5.41. The van der Waals surface area contributed by atoms with Crippen molar-refractivity contribution in [2.75, 3.05) is 19.8 Å². The fourth-order valence-electron chi connectivity index (χ4n) is 1.16. The zero-order valence-corrected chi connectivity index (χ0v) is 9.45. The summed E-state index contributed by atoms with van der Waals surface area (Å²) in [6.45, 7) is 7.52. The minimum Gasteiger partial charge on any atom is -0.492 e. The van der Waals surface area contributed by atoms with E-state index in [4.69, 9.17) is 14.2 Å². The third-order valence-corrected chi connectivity index (χ3v) is 1.69. The van der Waals surface area contributed by atoms with Crippen molar-refractivity contribution in [3.63, 3.8) is 0 Å². The molecule has 0 aliphatic carbocycles. The van der Waals surface area contributed by atoms with Gasteiger partial charge in [-0.25, -0.2) is 4.98 Å². The van der Waals surface area contributed by atoms with E-state index >= 15 is 0 Å². The summed E-state index contributed by atoms with van der Waals surface area (Å²) in [4.78, 5) is 4.13. The number of hydrogen-bond acceptors (Lipinski definition) is 4. The highest BCUT2D eigenvalue weighted by Crippen LogP contribution is 2.28. The van der Waals surface area contributed by atoms with E-state index in [1.807, 2.05) is 20.8 Å². The molecule has 1 rings (SSSR count). The fraction of sp³-hybridized carbons (Fsp3) is 0.545. The van der Waals surface area contributed by atoms with Crippen molar-refractivity contribution < 1.29 is 14.2 Å². The number of ether oxygens (including phenoxy) is 3. The van der Waals surface area contributed by atoms with Crippen molar-refractivity contribution in [1.29, 1.82) is 0 Å². The lowest BCUT2D eigenvalue weighted by atomic mass is 10.4. The maximum Gasteiger partial charge on any atom is 0.257 e. The average Bonchev–Trinajstić information content (AvgIpc) is 2.23. The van der Waals surface area contributed by atoms with E-state index in [0.717, 1.165) is 0 Å². The van der Waals surface area contributed by atoms with E-state index in [9.17, 15) is 0 Å². The molecule has 0 spiro atoms. The summed E-state index contributed by atoms with van der Waals surface area (Å²) in [6.07, 6.45) is 1.64. The molecule has 84 valence electrons. The monoisotopic (exact) mass is 211 g/mol. The van der Waals surface area contributed by atoms with Crippen LogP contribution in [0.3, 0.4) is 0 Å². The van der Waals surface area contributed by atoms with Gasteiger partial charge in [0.15, 0.2) is 5.75 Å². The molecule has 0 fully saturated rings. The van der Waals surface area contributed by atoms with Gasteiger partial charge < -0.3 is 14.2 Å². The Bertz CT molecular complexity index is 302. The molecule has 1 heterocycles. The van der Waals surface area contributed by atoms with Crippen LogP contribution in [0.1, 0.15) is 20.8 Å². The second-order valence-electron chi connectivity index (χ2n) is 2.77. The molecule has 0 bridgehead atoms. The predicted octanol–water partition coefficient (Wildman–Crippen LogP) is 2.28. The Morgan fingerprint density at radius 1 is 1.00 bits per heavy atom. The van der Waals surface area contributed by atoms with Gasteiger partial charge in [0.1, 0.15) is 5.75 Å². The molecule has 0 saturated carbocycles. The molecular formula is C11H17NO3. The largest absolute Gasteiger partial charge is 0.492 e. The number of pyridine rings is 1. The normalized spacial score (nSPS) is 9.80. The summed E-state index contributed by atoms with van der Waals surface area (Å²) in [5.41, 5.74) is 0. The zero-order valence-electron chi connectivity index (χ0n) is 9.45. The topological polar surface area (TPSA) is 40.6 Å². The first-order valence-corrected chi connectivity index (χ1v) is 5.20. The first-order chi connectivity index (χ1) is 7.31. The Labute approximate surface area is 90.2 Å². The maximum absolute atomic E-state index is 5.41. The summed E-state index contributed by atoms with van der Waals surface area (Å²) >= 11 is 0. The van der Waals surface area contributed by atoms with E-state index in [0.29, 0.717) is 37.2 Å². The predicted molar refractivity (Wildman–Crippen MR) is 57.7 cm³/mol. The van der Waals surface area contributed by atoms with Crippen molar-refractivity contribution in [2.24, 2.45) is 0 Å². The Morgan fingerprint density at radius 2 is 1.67 bits per heavy atom. The summed E-state index contributed by atoms with van der Waals surface area (Å²) < 4.78 is 16.1. The summed E-state index contributed by atoms with van der Waals surface area (Å²) in [7, 11) is 0. The first kappa shape index (κ1) is 11.6. The molecule has 4 heteroatoms. The van der Waals surface area contributed by atoms with E-state index < -0.39 is 0 Å². The third-order valence-electron chi connectivity index (χ3n) is 1.69. The highest BCUT2D eigenvalue weighted by Gasteiger charge is 2.07. The van der Waals surface area contributed by atoms with Crippen LogP contribution >= 0.6 is 0 Å². The Morgan fingerprint density at radius 3 is 2.27 bits per heavy atom. The second kappa shape index (κ2) is 6.11. The molecule has 15 heavy (non-hydrogen) atoms. The van der Waals surface area contributed by atoms with Crippen LogP contribution in [0.4, 0.5) is 0 Å². The van der Waals surface area contributed by atoms with Crippen LogP contribution < -0.4 is 14.2 Å². The van der Waals surface area contributed by atoms with Gasteiger partial charge in [-0.2, -0.15) is 0 Å². The van der Waals surface area contributed by atoms with E-state index in [-0.39, 0.29) is 0 Å². The Balaban J connectivity index is 2.87. The van der Waals surface area contributed by atoms with E-state index in [1.54, 1.807) is 12.3 Å². The molecule has 0 unspecified atom stereocenters. The van der Waals surface area contributed by atoms with Gasteiger partial charge in [0, 0.05) is 6.07 Å². The third kappa shape index (κ3) is 3.31. The second-order valence-corrected chi connectivity index (χ2v) is 2.77. The molecule has 0 radical (unpaired) electrons. The minimum absolute atomic E-state index is 0.516. The van der Waals surface area contributed by atoms with Gasteiger partial charge in [0.2, 0.25) is 0 Å². The van der Waals surface area contributed by atoms with Crippen LogP contribution in [0.25, 0.3) is 0 Å². The number of aromatic nitrogens is 1. The summed E-state index contributed by atoms with van der Waals surface area (Å²) in [5, 5.41) is 0. The molecule has 0 N–H and O–H groups in total. The standard InChI is InChI=1S/C11H17NO3/c1-4-13-9-7-10(14-5-2)11(12-8-9)15-6-3/h7-8H,4-6H2,1-3H3. The smallest absolute Gasteiger partial charge is 0.257 e. The molecular weight excluding hydrogens is 194 g/mol. The van der Waals surface area contributed by atoms with Gasteiger partial charge in [-0.3, -0.25) is 0 Å². The summed E-state index contributed by atoms with van der Waals surface area (Å²) in [5.74, 6) is 1.84. The Kier molecular flexibility index (Phi) is 4.74. The van der Waals surface area contributed by atoms with Gasteiger partial charge in [0.05, 0.1) is 26.0 Å². The van der Waals surface area contributed by atoms with Crippen LogP contribution in [-0.2, 0) is 0 Å². The molecule has 0 amide bonds. The molecule has 4 nitrogen and oxygen atoms in total. The highest BCUT2D eigenvalue weighted by atomic mass is 16.5. The SMILES string of the molecule is CCOc1cnc(OCC)c(OCC)c1. The molecule has 1 aromatic heterocycles. The van der Waals surface area contributed by atoms with Crippen LogP contribution in [0.15, 0.2) is 12.3 Å². The van der Waals surface area contributed by atoms with Gasteiger partial charge >= 0.3 is 0 Å². The molecule has 0 aliphatic rings. The van der Waals surface area contributed by atoms with Crippen LogP contribution in [-0.4, -0.2) is 24.8 Å². The average molecular weight is 211 g/mol. The highest BCUT2D eigenvalue weighted by molar-refractivity contribution is 5.39. The lowest BCUT2D eigenvalue weighted by Crippen LogP contribution is -2.01. The molecule has 0 atom stereocenters. The van der Waals surface area contributed by atoms with Crippen molar-refractivity contribution >= 4 is 0 Å². The van der Waals surface area contributed by atoms with Crippen molar-refractivity contribution in [1.82, 2.24) is 4.98 Å². The lowest BCUT2D eigenvalue weighted by molar-refractivity contribution is 0.272. The van der Waals surface area contributed by atoms with E-state index in [2.05, 4.69) is 4.98 Å². The quantitative estimate of drug-likeness (QED) is 0.723. The zero-order chi connectivity index (χ0) is 11.1. The lowest BCUT2D eigenvalue weighted by Gasteiger charge is -2.11. The number of nitrogens with zero attached hydrogens (tertiary/aromatic N) is 1. The van der Waals surface area contributed by atoms with Gasteiger partial charge in [-0.15, -0.1) is 0 Å². The van der Waals surface area contributed by atoms with Crippen LogP contribution in [0.5, 0.6) is 17.4 Å². The number of hydrogen-bond donors (Lipinski definition) is 0. The minimum atomic E-state index is 0.516. The van der Waals surface area contributed by atoms with Gasteiger partial charge in [0.25, 0.3) is 5.88 Å². The van der Waals surface area contributed by atoms with Crippen LogP contribution in [0.2, 0.25) is 0 Å². The van der Waals surface area contributed by atoms with Crippen molar-refractivity contribution in [3.8, 4) is 17.4 Å². The summed E-state index contributed by atoms with van der Waals surface area (Å²) in [6, 6.07) is 1.80. The van der Waals surface area contributed by atoms with Gasteiger partial charge in [-0.05, 0) is 20.8 Å². The fourth-order valence-corrected chi connectivity index (χ4v) is 1.16. The molecule has 0 saturated heterocycles. The number of rotatable bonds is 6. The Hall–Kier alpha value is -1.45. The molecule has 1 aromatic rings. The molecule has 0 aromatic carbocycles. The molecule has 0 aliphatic heterocycles. The van der Waals surface area contributed by atoms with Gasteiger partial charge in [-0.1, -0.05) is 0 Å².